The van der Waals surface area contributed by atoms with Crippen molar-refractivity contribution < 1.29 is 12.8 Å². The number of hydrogen-bond acceptors (Lipinski definition) is 2. The van der Waals surface area contributed by atoms with Crippen molar-refractivity contribution in [2.45, 2.75) is 43.5 Å². The Hall–Kier alpha value is -0.940. The zero-order valence-corrected chi connectivity index (χ0v) is 12.4. The molecule has 0 unspecified atom stereocenters. The Kier molecular flexibility index (Phi) is 3.58. The van der Waals surface area contributed by atoms with Crippen molar-refractivity contribution >= 4 is 10.0 Å². The zero-order valence-electron chi connectivity index (χ0n) is 11.5. The molecular weight excluding hydrogens is 277 g/mol. The van der Waals surface area contributed by atoms with Crippen LogP contribution in [0, 0.1) is 23.6 Å². The second-order valence-electron chi connectivity index (χ2n) is 6.18. The van der Waals surface area contributed by atoms with Gasteiger partial charge in [0.25, 0.3) is 0 Å². The van der Waals surface area contributed by atoms with Crippen LogP contribution in [0.3, 0.4) is 0 Å². The summed E-state index contributed by atoms with van der Waals surface area (Å²) in [6.45, 7) is 1.91. The topological polar surface area (TPSA) is 46.2 Å². The van der Waals surface area contributed by atoms with Crippen molar-refractivity contribution in [2.24, 2.45) is 17.8 Å². The number of rotatable bonds is 4. The van der Waals surface area contributed by atoms with E-state index < -0.39 is 15.8 Å². The maximum Gasteiger partial charge on any atom is 0.243 e. The first-order valence-corrected chi connectivity index (χ1v) is 8.72. The van der Waals surface area contributed by atoms with Gasteiger partial charge in [-0.05, 0) is 56.1 Å². The first kappa shape index (κ1) is 14.0. The Bertz CT molecular complexity index is 602. The lowest BCUT2D eigenvalue weighted by Gasteiger charge is -2.28. The van der Waals surface area contributed by atoms with E-state index in [1.165, 1.54) is 37.5 Å². The SMILES string of the molecule is C[C@@H](NS(=O)(=O)c1ccccc1F)[C@H]1C[C@H]2CC[C@H]1C2. The number of halogens is 1. The van der Waals surface area contributed by atoms with Crippen LogP contribution < -0.4 is 4.72 Å². The summed E-state index contributed by atoms with van der Waals surface area (Å²) in [6, 6.07) is 5.39. The molecule has 0 aliphatic heterocycles. The maximum absolute atomic E-state index is 13.6. The highest BCUT2D eigenvalue weighted by molar-refractivity contribution is 7.89. The number of benzene rings is 1. The van der Waals surface area contributed by atoms with Crippen molar-refractivity contribution in [2.75, 3.05) is 0 Å². The minimum Gasteiger partial charge on any atom is -0.208 e. The minimum atomic E-state index is -3.77. The summed E-state index contributed by atoms with van der Waals surface area (Å²) >= 11 is 0. The van der Waals surface area contributed by atoms with Gasteiger partial charge in [-0.1, -0.05) is 18.6 Å². The van der Waals surface area contributed by atoms with Crippen LogP contribution in [0.2, 0.25) is 0 Å². The molecule has 0 heterocycles. The molecule has 1 aromatic rings. The third-order valence-electron chi connectivity index (χ3n) is 4.90. The number of hydrogen-bond donors (Lipinski definition) is 1. The molecule has 1 aromatic carbocycles. The number of sulfonamides is 1. The molecule has 1 N–H and O–H groups in total. The number of fused-ring (bicyclic) bond motifs is 2. The molecule has 0 radical (unpaired) electrons. The van der Waals surface area contributed by atoms with Crippen LogP contribution in [0.5, 0.6) is 0 Å². The molecule has 110 valence electrons. The Morgan fingerprint density at radius 2 is 2.00 bits per heavy atom. The summed E-state index contributed by atoms with van der Waals surface area (Å²) in [6.07, 6.45) is 4.83. The van der Waals surface area contributed by atoms with Crippen LogP contribution in [0.1, 0.15) is 32.6 Å². The molecular formula is C15H20FNO2S. The van der Waals surface area contributed by atoms with E-state index in [4.69, 9.17) is 0 Å². The summed E-state index contributed by atoms with van der Waals surface area (Å²) in [4.78, 5) is -0.255. The predicted molar refractivity (Wildman–Crippen MR) is 75.1 cm³/mol. The van der Waals surface area contributed by atoms with Crippen LogP contribution in [0.15, 0.2) is 29.2 Å². The second kappa shape index (κ2) is 5.11. The zero-order chi connectivity index (χ0) is 14.3. The molecule has 2 saturated carbocycles. The van der Waals surface area contributed by atoms with Gasteiger partial charge in [0.15, 0.2) is 0 Å². The van der Waals surface area contributed by atoms with Gasteiger partial charge in [0.05, 0.1) is 0 Å². The second-order valence-corrected chi connectivity index (χ2v) is 7.86. The van der Waals surface area contributed by atoms with Gasteiger partial charge >= 0.3 is 0 Å². The maximum atomic E-state index is 13.6. The van der Waals surface area contributed by atoms with Gasteiger partial charge in [-0.3, -0.25) is 0 Å². The van der Waals surface area contributed by atoms with Gasteiger partial charge in [-0.2, -0.15) is 0 Å². The highest BCUT2D eigenvalue weighted by atomic mass is 32.2. The summed E-state index contributed by atoms with van der Waals surface area (Å²) in [5.41, 5.74) is 0. The van der Waals surface area contributed by atoms with Gasteiger partial charge in [0.2, 0.25) is 10.0 Å². The summed E-state index contributed by atoms with van der Waals surface area (Å²) in [7, 11) is -3.77. The van der Waals surface area contributed by atoms with Crippen LogP contribution in [0.4, 0.5) is 4.39 Å². The average molecular weight is 297 g/mol. The van der Waals surface area contributed by atoms with E-state index in [0.717, 1.165) is 12.3 Å². The molecule has 3 nitrogen and oxygen atoms in total. The Morgan fingerprint density at radius 1 is 1.25 bits per heavy atom. The van der Waals surface area contributed by atoms with Crippen LogP contribution in [0.25, 0.3) is 0 Å². The third-order valence-corrected chi connectivity index (χ3v) is 6.49. The van der Waals surface area contributed by atoms with Gasteiger partial charge in [-0.15, -0.1) is 0 Å². The monoisotopic (exact) mass is 297 g/mol. The predicted octanol–water partition coefficient (Wildman–Crippen LogP) is 2.93. The van der Waals surface area contributed by atoms with Crippen molar-refractivity contribution in [1.29, 1.82) is 0 Å². The number of nitrogens with one attached hydrogen (secondary N) is 1. The van der Waals surface area contributed by atoms with E-state index in [2.05, 4.69) is 4.72 Å². The average Bonchev–Trinajstić information content (AvgIpc) is 3.00. The molecule has 3 rings (SSSR count). The van der Waals surface area contributed by atoms with Crippen molar-refractivity contribution in [1.82, 2.24) is 4.72 Å². The Labute approximate surface area is 119 Å². The van der Waals surface area contributed by atoms with Gasteiger partial charge in [0, 0.05) is 6.04 Å². The van der Waals surface area contributed by atoms with E-state index in [9.17, 15) is 12.8 Å². The summed E-state index contributed by atoms with van der Waals surface area (Å²) < 4.78 is 40.9. The van der Waals surface area contributed by atoms with Gasteiger partial charge in [-0.25, -0.2) is 17.5 Å². The van der Waals surface area contributed by atoms with E-state index >= 15 is 0 Å². The fraction of sp³-hybridized carbons (Fsp3) is 0.600. The van der Waals surface area contributed by atoms with E-state index in [1.807, 2.05) is 6.92 Å². The Morgan fingerprint density at radius 3 is 2.60 bits per heavy atom. The molecule has 4 atom stereocenters. The third kappa shape index (κ3) is 2.49. The quantitative estimate of drug-likeness (QED) is 0.929. The summed E-state index contributed by atoms with van der Waals surface area (Å²) in [5, 5.41) is 0. The molecule has 0 aromatic heterocycles. The minimum absolute atomic E-state index is 0.130. The normalized spacial score (nSPS) is 30.6. The Balaban J connectivity index is 1.75. The molecule has 2 fully saturated rings. The van der Waals surface area contributed by atoms with Crippen molar-refractivity contribution in [3.63, 3.8) is 0 Å². The van der Waals surface area contributed by atoms with Crippen LogP contribution in [-0.2, 0) is 10.0 Å². The van der Waals surface area contributed by atoms with Gasteiger partial charge in [0.1, 0.15) is 10.7 Å². The molecule has 0 saturated heterocycles. The van der Waals surface area contributed by atoms with Crippen LogP contribution >= 0.6 is 0 Å². The molecule has 2 aliphatic carbocycles. The molecule has 0 spiro atoms. The van der Waals surface area contributed by atoms with E-state index in [1.54, 1.807) is 6.07 Å². The largest absolute Gasteiger partial charge is 0.243 e. The summed E-state index contributed by atoms with van der Waals surface area (Å²) in [5.74, 6) is 1.11. The molecule has 2 aliphatic rings. The molecule has 2 bridgehead atoms. The van der Waals surface area contributed by atoms with Crippen molar-refractivity contribution in [3.8, 4) is 0 Å². The van der Waals surface area contributed by atoms with Crippen LogP contribution in [-0.4, -0.2) is 14.5 Å². The highest BCUT2D eigenvalue weighted by Crippen LogP contribution is 2.49. The lowest BCUT2D eigenvalue weighted by Crippen LogP contribution is -2.40. The molecule has 5 heteroatoms. The molecule has 0 amide bonds. The first-order valence-electron chi connectivity index (χ1n) is 7.24. The highest BCUT2D eigenvalue weighted by Gasteiger charge is 2.42. The lowest BCUT2D eigenvalue weighted by atomic mass is 9.84. The van der Waals surface area contributed by atoms with Gasteiger partial charge < -0.3 is 0 Å². The van der Waals surface area contributed by atoms with Crippen molar-refractivity contribution in [3.05, 3.63) is 30.1 Å². The smallest absolute Gasteiger partial charge is 0.208 e. The fourth-order valence-corrected chi connectivity index (χ4v) is 5.34. The van der Waals surface area contributed by atoms with E-state index in [0.29, 0.717) is 11.8 Å². The lowest BCUT2D eigenvalue weighted by molar-refractivity contribution is 0.280. The fourth-order valence-electron chi connectivity index (χ4n) is 3.96. The first-order chi connectivity index (χ1) is 9.47. The van der Waals surface area contributed by atoms with E-state index in [-0.39, 0.29) is 10.9 Å². The standard InChI is InChI=1S/C15H20FNO2S/c1-10(13-9-11-6-7-12(13)8-11)17-20(18,19)15-5-3-2-4-14(15)16/h2-5,10-13,17H,6-9H2,1H3/t10-,11+,12+,13-/m1/s1. The molecule has 20 heavy (non-hydrogen) atoms.